The van der Waals surface area contributed by atoms with E-state index in [2.05, 4.69) is 20.1 Å². The lowest BCUT2D eigenvalue weighted by molar-refractivity contribution is -0.132. The molecule has 2 fully saturated rings. The highest BCUT2D eigenvalue weighted by Gasteiger charge is 2.58. The Morgan fingerprint density at radius 1 is 1.29 bits per heavy atom. The van der Waals surface area contributed by atoms with Gasteiger partial charge in [-0.25, -0.2) is 0 Å². The molecule has 0 aromatic rings. The van der Waals surface area contributed by atoms with E-state index in [4.69, 9.17) is 0 Å². The van der Waals surface area contributed by atoms with Crippen LogP contribution < -0.4 is 0 Å². The highest BCUT2D eigenvalue weighted by atomic mass is 16.3. The fourth-order valence-electron chi connectivity index (χ4n) is 5.37. The Morgan fingerprint density at radius 2 is 2.00 bits per heavy atom. The van der Waals surface area contributed by atoms with Gasteiger partial charge in [0.15, 0.2) is 5.78 Å². The largest absolute Gasteiger partial charge is 0.389 e. The minimum absolute atomic E-state index is 0.00689. The predicted octanol–water partition coefficient (Wildman–Crippen LogP) is 3.97. The number of carbonyl (C=O) groups is 1. The average molecular weight is 286 g/mol. The predicted molar refractivity (Wildman–Crippen MR) is 84.8 cm³/mol. The van der Waals surface area contributed by atoms with E-state index in [0.29, 0.717) is 12.2 Å². The molecule has 3 rings (SSSR count). The zero-order chi connectivity index (χ0) is 15.4. The maximum atomic E-state index is 12.1. The second-order valence-electron chi connectivity index (χ2n) is 7.40. The lowest BCUT2D eigenvalue weighted by Gasteiger charge is -2.59. The molecule has 0 saturated heterocycles. The maximum absolute atomic E-state index is 12.1. The van der Waals surface area contributed by atoms with E-state index in [1.54, 1.807) is 0 Å². The van der Waals surface area contributed by atoms with Crippen molar-refractivity contribution in [3.05, 3.63) is 36.0 Å². The van der Waals surface area contributed by atoms with Crippen molar-refractivity contribution >= 4 is 5.78 Å². The van der Waals surface area contributed by atoms with E-state index in [9.17, 15) is 9.90 Å². The molecule has 0 aromatic heterocycles. The third kappa shape index (κ3) is 1.85. The van der Waals surface area contributed by atoms with Gasteiger partial charge in [0, 0.05) is 12.3 Å². The molecule has 21 heavy (non-hydrogen) atoms. The molecule has 0 aromatic carbocycles. The molecule has 0 heterocycles. The molecule has 1 N–H and O–H groups in total. The highest BCUT2D eigenvalue weighted by molar-refractivity contribution is 5.96. The Balaban J connectivity index is 2.09. The second-order valence-corrected chi connectivity index (χ2v) is 7.40. The number of carbonyl (C=O) groups excluding carboxylic acids is 1. The molecule has 4 atom stereocenters. The Hall–Kier alpha value is -1.15. The third-order valence-corrected chi connectivity index (χ3v) is 6.55. The summed E-state index contributed by atoms with van der Waals surface area (Å²) in [6, 6.07) is 0. The first-order valence-electron chi connectivity index (χ1n) is 8.10. The Labute approximate surface area is 127 Å². The summed E-state index contributed by atoms with van der Waals surface area (Å²) in [5.41, 5.74) is 2.63. The summed E-state index contributed by atoms with van der Waals surface area (Å²) in [7, 11) is 0. The van der Waals surface area contributed by atoms with E-state index >= 15 is 0 Å². The van der Waals surface area contributed by atoms with Crippen molar-refractivity contribution in [1.29, 1.82) is 0 Å². The van der Waals surface area contributed by atoms with E-state index in [0.717, 1.165) is 43.3 Å². The number of Topliss-reactive ketones (excluding diaryl/α,β-unsaturated/α-hetero) is 1. The molecule has 114 valence electrons. The van der Waals surface area contributed by atoms with Gasteiger partial charge in [0.2, 0.25) is 0 Å². The zero-order valence-electron chi connectivity index (χ0n) is 13.2. The summed E-state index contributed by atoms with van der Waals surface area (Å²) >= 11 is 0. The Kier molecular flexibility index (Phi) is 3.29. The minimum Gasteiger partial charge on any atom is -0.389 e. The lowest BCUT2D eigenvalue weighted by atomic mass is 9.48. The highest BCUT2D eigenvalue weighted by Crippen LogP contribution is 2.61. The van der Waals surface area contributed by atoms with E-state index < -0.39 is 5.60 Å². The van der Waals surface area contributed by atoms with Gasteiger partial charge in [-0.05, 0) is 55.9 Å². The maximum Gasteiger partial charge on any atom is 0.158 e. The van der Waals surface area contributed by atoms with Crippen LogP contribution in [0.3, 0.4) is 0 Å². The van der Waals surface area contributed by atoms with Crippen LogP contribution in [0, 0.1) is 17.3 Å². The Bertz CT molecular complexity index is 556. The number of rotatable bonds is 1. The van der Waals surface area contributed by atoms with Gasteiger partial charge in [0.25, 0.3) is 0 Å². The van der Waals surface area contributed by atoms with E-state index in [1.807, 2.05) is 13.0 Å². The molecule has 0 radical (unpaired) electrons. The average Bonchev–Trinajstić information content (AvgIpc) is 2.43. The second kappa shape index (κ2) is 4.67. The molecule has 3 aliphatic rings. The summed E-state index contributed by atoms with van der Waals surface area (Å²) in [6.07, 6.45) is 6.87. The number of hydrogen-bond acceptors (Lipinski definition) is 2. The number of allylic oxidation sites excluding steroid dienone is 2. The fourth-order valence-corrected chi connectivity index (χ4v) is 5.37. The normalized spacial score (nSPS) is 43.4. The molecule has 0 aliphatic heterocycles. The van der Waals surface area contributed by atoms with Crippen molar-refractivity contribution in [3.8, 4) is 0 Å². The molecule has 0 spiro atoms. The Morgan fingerprint density at radius 3 is 2.67 bits per heavy atom. The number of aliphatic hydroxyl groups is 1. The summed E-state index contributed by atoms with van der Waals surface area (Å²) in [4.78, 5) is 12.1. The summed E-state index contributed by atoms with van der Waals surface area (Å²) in [5, 5.41) is 11.4. The minimum atomic E-state index is -0.726. The van der Waals surface area contributed by atoms with Crippen molar-refractivity contribution in [3.63, 3.8) is 0 Å². The van der Waals surface area contributed by atoms with Crippen LogP contribution >= 0.6 is 0 Å². The van der Waals surface area contributed by atoms with Gasteiger partial charge < -0.3 is 5.11 Å². The molecule has 2 saturated carbocycles. The third-order valence-electron chi connectivity index (χ3n) is 6.55. The summed E-state index contributed by atoms with van der Waals surface area (Å²) in [5.74, 6) is 0.506. The molecule has 2 nitrogen and oxygen atoms in total. The van der Waals surface area contributed by atoms with E-state index in [1.165, 1.54) is 5.57 Å². The van der Waals surface area contributed by atoms with Crippen LogP contribution in [0.15, 0.2) is 36.0 Å². The van der Waals surface area contributed by atoms with Crippen LogP contribution in [-0.4, -0.2) is 16.5 Å². The smallest absolute Gasteiger partial charge is 0.158 e. The summed E-state index contributed by atoms with van der Waals surface area (Å²) in [6.45, 7) is 12.3. The van der Waals surface area contributed by atoms with Crippen molar-refractivity contribution in [2.45, 2.75) is 58.0 Å². The van der Waals surface area contributed by atoms with Gasteiger partial charge in [-0.1, -0.05) is 30.7 Å². The molecule has 3 aliphatic carbocycles. The van der Waals surface area contributed by atoms with Crippen molar-refractivity contribution in [2.75, 3.05) is 0 Å². The number of fused-ring (bicyclic) bond motifs is 3. The monoisotopic (exact) mass is 286 g/mol. The molecular weight excluding hydrogens is 260 g/mol. The molecule has 0 bridgehead atoms. The molecular formula is C19H26O2. The quantitative estimate of drug-likeness (QED) is 0.741. The number of hydrogen-bond donors (Lipinski definition) is 1. The van der Waals surface area contributed by atoms with Crippen LogP contribution in [-0.2, 0) is 4.79 Å². The first-order chi connectivity index (χ1) is 9.84. The van der Waals surface area contributed by atoms with Gasteiger partial charge in [0.1, 0.15) is 0 Å². The van der Waals surface area contributed by atoms with Gasteiger partial charge in [-0.15, -0.1) is 6.58 Å². The van der Waals surface area contributed by atoms with Crippen LogP contribution in [0.25, 0.3) is 0 Å². The topological polar surface area (TPSA) is 37.3 Å². The van der Waals surface area contributed by atoms with Crippen LogP contribution in [0.4, 0.5) is 0 Å². The van der Waals surface area contributed by atoms with Crippen molar-refractivity contribution in [2.24, 2.45) is 17.3 Å². The van der Waals surface area contributed by atoms with Crippen molar-refractivity contribution in [1.82, 2.24) is 0 Å². The van der Waals surface area contributed by atoms with Crippen LogP contribution in [0.1, 0.15) is 52.4 Å². The first-order valence-corrected chi connectivity index (χ1v) is 8.10. The van der Waals surface area contributed by atoms with Gasteiger partial charge in [-0.2, -0.15) is 0 Å². The van der Waals surface area contributed by atoms with Crippen molar-refractivity contribution < 1.29 is 9.90 Å². The van der Waals surface area contributed by atoms with Gasteiger partial charge in [0.05, 0.1) is 5.60 Å². The molecule has 2 heteroatoms. The standard InChI is InChI=1S/C19H26O2/c1-5-14-12(2)6-7-17-18(4)10-9-16(20)13(3)15(18)8-11-19(14,17)21/h5,14,17,21H,1-2,6-11H2,3-4H3/t14-,17-,18+,19-/m1/s1. The van der Waals surface area contributed by atoms with E-state index in [-0.39, 0.29) is 17.3 Å². The van der Waals surface area contributed by atoms with Crippen LogP contribution in [0.5, 0.6) is 0 Å². The fraction of sp³-hybridized carbons (Fsp3) is 0.632. The molecule has 0 amide bonds. The zero-order valence-corrected chi connectivity index (χ0v) is 13.2. The SMILES string of the molecule is C=C[C@@H]1C(=C)CC[C@H]2[C@@]1(O)CCC1=C(C)C(=O)CC[C@@]12C. The number of ketones is 1. The first kappa shape index (κ1) is 14.8. The van der Waals surface area contributed by atoms with Gasteiger partial charge in [-0.3, -0.25) is 4.79 Å². The van der Waals surface area contributed by atoms with Gasteiger partial charge >= 0.3 is 0 Å². The lowest BCUT2D eigenvalue weighted by Crippen LogP contribution is -2.58. The summed E-state index contributed by atoms with van der Waals surface area (Å²) < 4.78 is 0. The molecule has 0 unspecified atom stereocenters. The van der Waals surface area contributed by atoms with Crippen LogP contribution in [0.2, 0.25) is 0 Å².